The van der Waals surface area contributed by atoms with Crippen LogP contribution in [-0.4, -0.2) is 22.5 Å². The molecule has 1 fully saturated rings. The number of rotatable bonds is 3. The highest BCUT2D eigenvalue weighted by Crippen LogP contribution is 2.33. The van der Waals surface area contributed by atoms with Gasteiger partial charge in [0.2, 0.25) is 0 Å². The summed E-state index contributed by atoms with van der Waals surface area (Å²) in [5.41, 5.74) is 2.52. The van der Waals surface area contributed by atoms with Crippen molar-refractivity contribution in [3.8, 4) is 6.07 Å². The van der Waals surface area contributed by atoms with E-state index in [4.69, 9.17) is 0 Å². The zero-order valence-corrected chi connectivity index (χ0v) is 12.3. The number of hydrogen-bond acceptors (Lipinski definition) is 4. The van der Waals surface area contributed by atoms with Crippen molar-refractivity contribution >= 4 is 28.4 Å². The quantitative estimate of drug-likeness (QED) is 0.930. The van der Waals surface area contributed by atoms with Crippen LogP contribution in [0.1, 0.15) is 24.8 Å². The summed E-state index contributed by atoms with van der Waals surface area (Å²) >= 11 is 1.94. The number of fused-ring (bicyclic) bond motifs is 1. The summed E-state index contributed by atoms with van der Waals surface area (Å²) in [5.74, 6) is 0. The molecule has 1 aromatic heterocycles. The van der Waals surface area contributed by atoms with Gasteiger partial charge in [0.1, 0.15) is 6.07 Å². The van der Waals surface area contributed by atoms with Crippen LogP contribution >= 0.6 is 11.8 Å². The van der Waals surface area contributed by atoms with E-state index in [2.05, 4.69) is 22.6 Å². The molecular formula is C16H17N3S. The first-order valence-corrected chi connectivity index (χ1v) is 8.17. The lowest BCUT2D eigenvalue weighted by molar-refractivity contribution is 0.758. The number of nitrogens with one attached hydrogen (secondary N) is 1. The molecule has 1 aromatic carbocycles. The molecule has 0 saturated heterocycles. The highest BCUT2D eigenvalue weighted by atomic mass is 32.2. The Morgan fingerprint density at radius 1 is 1.35 bits per heavy atom. The molecule has 0 aliphatic heterocycles. The number of aromatic nitrogens is 1. The Balaban J connectivity index is 1.95. The minimum atomic E-state index is 0.463. The zero-order chi connectivity index (χ0) is 13.9. The van der Waals surface area contributed by atoms with E-state index in [1.54, 1.807) is 6.20 Å². The molecule has 1 aliphatic rings. The molecule has 1 heterocycles. The molecular weight excluding hydrogens is 266 g/mol. The summed E-state index contributed by atoms with van der Waals surface area (Å²) in [5, 5.41) is 14.7. The predicted molar refractivity (Wildman–Crippen MR) is 85.0 cm³/mol. The maximum Gasteiger partial charge on any atom is 0.103 e. The first kappa shape index (κ1) is 13.3. The second kappa shape index (κ2) is 5.72. The van der Waals surface area contributed by atoms with Gasteiger partial charge in [-0.3, -0.25) is 4.98 Å². The number of nitrogens with zero attached hydrogens (tertiary/aromatic N) is 2. The third-order valence-electron chi connectivity index (χ3n) is 3.96. The fourth-order valence-corrected chi connectivity index (χ4v) is 3.67. The van der Waals surface area contributed by atoms with Crippen molar-refractivity contribution in [1.29, 1.82) is 5.26 Å². The highest BCUT2D eigenvalue weighted by Gasteiger charge is 2.24. The summed E-state index contributed by atoms with van der Waals surface area (Å²) in [6.07, 6.45) is 7.45. The zero-order valence-electron chi connectivity index (χ0n) is 11.5. The lowest BCUT2D eigenvalue weighted by atomic mass is 10.1. The molecule has 0 spiro atoms. The van der Waals surface area contributed by atoms with Gasteiger partial charge in [0.25, 0.3) is 0 Å². The Morgan fingerprint density at radius 2 is 2.20 bits per heavy atom. The van der Waals surface area contributed by atoms with Crippen LogP contribution in [-0.2, 0) is 0 Å². The molecule has 2 aromatic rings. The summed E-state index contributed by atoms with van der Waals surface area (Å²) in [7, 11) is 0. The first-order chi connectivity index (χ1) is 9.81. The summed E-state index contributed by atoms with van der Waals surface area (Å²) in [6.45, 7) is 0. The third-order valence-corrected chi connectivity index (χ3v) is 5.06. The van der Waals surface area contributed by atoms with Gasteiger partial charge in [-0.25, -0.2) is 0 Å². The van der Waals surface area contributed by atoms with E-state index < -0.39 is 0 Å². The maximum absolute atomic E-state index is 9.32. The molecule has 2 atom stereocenters. The van der Waals surface area contributed by atoms with Crippen LogP contribution in [0, 0.1) is 11.3 Å². The Hall–Kier alpha value is -1.73. The highest BCUT2D eigenvalue weighted by molar-refractivity contribution is 7.99. The topological polar surface area (TPSA) is 48.7 Å². The second-order valence-electron chi connectivity index (χ2n) is 5.19. The smallest absolute Gasteiger partial charge is 0.103 e. The number of pyridine rings is 1. The number of anilines is 1. The average Bonchev–Trinajstić information content (AvgIpc) is 2.95. The molecule has 4 heteroatoms. The van der Waals surface area contributed by atoms with Crippen molar-refractivity contribution in [2.24, 2.45) is 0 Å². The van der Waals surface area contributed by atoms with Crippen molar-refractivity contribution in [2.75, 3.05) is 11.6 Å². The van der Waals surface area contributed by atoms with Gasteiger partial charge < -0.3 is 5.32 Å². The van der Waals surface area contributed by atoms with E-state index in [1.165, 1.54) is 19.3 Å². The first-order valence-electron chi connectivity index (χ1n) is 6.89. The van der Waals surface area contributed by atoms with Gasteiger partial charge >= 0.3 is 0 Å². The molecule has 1 aliphatic carbocycles. The lowest BCUT2D eigenvalue weighted by Crippen LogP contribution is -2.17. The normalized spacial score (nSPS) is 21.8. The molecule has 0 amide bonds. The van der Waals surface area contributed by atoms with Gasteiger partial charge in [-0.15, -0.1) is 0 Å². The fourth-order valence-electron chi connectivity index (χ4n) is 2.87. The predicted octanol–water partition coefficient (Wildman–Crippen LogP) is 3.80. The van der Waals surface area contributed by atoms with E-state index >= 15 is 0 Å². The minimum absolute atomic E-state index is 0.463. The Labute approximate surface area is 123 Å². The van der Waals surface area contributed by atoms with Crippen molar-refractivity contribution in [1.82, 2.24) is 4.98 Å². The van der Waals surface area contributed by atoms with E-state index in [0.29, 0.717) is 11.6 Å². The molecule has 1 saturated carbocycles. The van der Waals surface area contributed by atoms with Gasteiger partial charge in [-0.05, 0) is 31.6 Å². The number of nitriles is 1. The molecule has 102 valence electrons. The average molecular weight is 283 g/mol. The van der Waals surface area contributed by atoms with Gasteiger partial charge in [0, 0.05) is 22.9 Å². The maximum atomic E-state index is 9.32. The van der Waals surface area contributed by atoms with Crippen LogP contribution in [0.5, 0.6) is 0 Å². The van der Waals surface area contributed by atoms with E-state index in [-0.39, 0.29) is 0 Å². The standard InChI is InChI=1S/C16H17N3S/c1-20-13-7-6-12(8-13)19-16-11(9-17)10-18-15-5-3-2-4-14(15)16/h2-5,10,12-13H,6-8H2,1H3,(H,18,19). The lowest BCUT2D eigenvalue weighted by Gasteiger charge is -2.17. The van der Waals surface area contributed by atoms with Crippen LogP contribution in [0.4, 0.5) is 5.69 Å². The van der Waals surface area contributed by atoms with Gasteiger partial charge in [-0.1, -0.05) is 18.2 Å². The largest absolute Gasteiger partial charge is 0.381 e. The van der Waals surface area contributed by atoms with Gasteiger partial charge in [0.05, 0.1) is 16.8 Å². The number of hydrogen-bond donors (Lipinski definition) is 1. The monoisotopic (exact) mass is 283 g/mol. The van der Waals surface area contributed by atoms with Gasteiger partial charge in [-0.2, -0.15) is 17.0 Å². The van der Waals surface area contributed by atoms with Gasteiger partial charge in [0.15, 0.2) is 0 Å². The van der Waals surface area contributed by atoms with Crippen LogP contribution in [0.15, 0.2) is 30.5 Å². The fraction of sp³-hybridized carbons (Fsp3) is 0.375. The molecule has 3 rings (SSSR count). The molecule has 2 unspecified atom stereocenters. The molecule has 0 bridgehead atoms. The molecule has 0 radical (unpaired) electrons. The van der Waals surface area contributed by atoms with Crippen LogP contribution in [0.2, 0.25) is 0 Å². The van der Waals surface area contributed by atoms with Crippen LogP contribution < -0.4 is 5.32 Å². The van der Waals surface area contributed by atoms with Crippen molar-refractivity contribution < 1.29 is 0 Å². The van der Waals surface area contributed by atoms with E-state index in [9.17, 15) is 5.26 Å². The number of benzene rings is 1. The van der Waals surface area contributed by atoms with Crippen molar-refractivity contribution in [3.63, 3.8) is 0 Å². The Bertz CT molecular complexity index is 662. The van der Waals surface area contributed by atoms with Crippen molar-refractivity contribution in [2.45, 2.75) is 30.6 Å². The Kier molecular flexibility index (Phi) is 3.79. The molecule has 1 N–H and O–H groups in total. The van der Waals surface area contributed by atoms with Crippen molar-refractivity contribution in [3.05, 3.63) is 36.0 Å². The number of para-hydroxylation sites is 1. The Morgan fingerprint density at radius 3 is 2.95 bits per heavy atom. The summed E-state index contributed by atoms with van der Waals surface area (Å²) in [4.78, 5) is 4.35. The van der Waals surface area contributed by atoms with Crippen LogP contribution in [0.3, 0.4) is 0 Å². The summed E-state index contributed by atoms with van der Waals surface area (Å²) < 4.78 is 0. The second-order valence-corrected chi connectivity index (χ2v) is 6.33. The molecule has 20 heavy (non-hydrogen) atoms. The van der Waals surface area contributed by atoms with Crippen LogP contribution in [0.25, 0.3) is 10.9 Å². The van der Waals surface area contributed by atoms with E-state index in [0.717, 1.165) is 21.8 Å². The molecule has 3 nitrogen and oxygen atoms in total. The third kappa shape index (κ3) is 2.46. The SMILES string of the molecule is CSC1CCC(Nc2c(C#N)cnc3ccccc23)C1. The number of thioether (sulfide) groups is 1. The summed E-state index contributed by atoms with van der Waals surface area (Å²) in [6, 6.07) is 10.7. The minimum Gasteiger partial charge on any atom is -0.381 e. The van der Waals surface area contributed by atoms with E-state index in [1.807, 2.05) is 36.0 Å².